The van der Waals surface area contributed by atoms with Crippen molar-refractivity contribution < 1.29 is 9.53 Å². The van der Waals surface area contributed by atoms with Gasteiger partial charge in [0, 0.05) is 9.50 Å². The zero-order valence-corrected chi connectivity index (χ0v) is 14.1. The monoisotopic (exact) mass is 395 g/mol. The number of rotatable bonds is 2. The molecule has 0 aromatic heterocycles. The Morgan fingerprint density at radius 3 is 2.55 bits per heavy atom. The van der Waals surface area contributed by atoms with Gasteiger partial charge in [0.1, 0.15) is 0 Å². The van der Waals surface area contributed by atoms with Crippen molar-refractivity contribution in [3.63, 3.8) is 0 Å². The minimum Gasteiger partial charge on any atom is -0.402 e. The van der Waals surface area contributed by atoms with E-state index < -0.39 is 5.97 Å². The molecule has 0 amide bonds. The van der Waals surface area contributed by atoms with Gasteiger partial charge in [0.25, 0.3) is 0 Å². The smallest absolute Gasteiger partial charge is 0.363 e. The second-order valence-electron chi connectivity index (χ2n) is 4.51. The van der Waals surface area contributed by atoms with Gasteiger partial charge in [-0.05, 0) is 42.0 Å². The lowest BCUT2D eigenvalue weighted by Crippen LogP contribution is -2.06. The standard InChI is InChI=1S/C16H8BrCl2NO2/c17-10-3-1-9(2-4-10)7-14-16(21)22-15(20-14)12-8-11(18)5-6-13(12)19/h1-8H/b14-7-. The summed E-state index contributed by atoms with van der Waals surface area (Å²) in [5.41, 5.74) is 1.55. The van der Waals surface area contributed by atoms with E-state index >= 15 is 0 Å². The van der Waals surface area contributed by atoms with Crippen LogP contribution in [0.4, 0.5) is 0 Å². The first kappa shape index (κ1) is 15.3. The fourth-order valence-corrected chi connectivity index (χ4v) is 2.54. The Bertz CT molecular complexity index is 813. The number of halogens is 3. The molecule has 3 rings (SSSR count). The highest BCUT2D eigenvalue weighted by molar-refractivity contribution is 9.10. The first-order chi connectivity index (χ1) is 10.5. The van der Waals surface area contributed by atoms with Gasteiger partial charge in [-0.2, -0.15) is 0 Å². The van der Waals surface area contributed by atoms with Crippen molar-refractivity contribution in [1.29, 1.82) is 0 Å². The van der Waals surface area contributed by atoms with Gasteiger partial charge in [0.15, 0.2) is 5.70 Å². The molecule has 22 heavy (non-hydrogen) atoms. The molecule has 1 heterocycles. The van der Waals surface area contributed by atoms with E-state index in [0.717, 1.165) is 10.0 Å². The summed E-state index contributed by atoms with van der Waals surface area (Å²) in [5, 5.41) is 0.907. The number of nitrogens with zero attached hydrogens (tertiary/aromatic N) is 1. The molecule has 2 aromatic rings. The van der Waals surface area contributed by atoms with Crippen molar-refractivity contribution in [3.05, 3.63) is 73.8 Å². The van der Waals surface area contributed by atoms with Crippen LogP contribution < -0.4 is 0 Å². The minimum atomic E-state index is -0.519. The molecule has 0 spiro atoms. The number of carbonyl (C=O) groups is 1. The zero-order chi connectivity index (χ0) is 15.7. The van der Waals surface area contributed by atoms with Gasteiger partial charge < -0.3 is 4.74 Å². The van der Waals surface area contributed by atoms with E-state index in [0.29, 0.717) is 15.6 Å². The van der Waals surface area contributed by atoms with Crippen LogP contribution in [0.15, 0.2) is 57.6 Å². The molecule has 0 radical (unpaired) electrons. The van der Waals surface area contributed by atoms with Crippen LogP contribution in [0.1, 0.15) is 11.1 Å². The number of hydrogen-bond acceptors (Lipinski definition) is 3. The van der Waals surface area contributed by atoms with Crippen LogP contribution in [0.25, 0.3) is 6.08 Å². The highest BCUT2D eigenvalue weighted by Crippen LogP contribution is 2.26. The van der Waals surface area contributed by atoms with Gasteiger partial charge in [-0.3, -0.25) is 0 Å². The quantitative estimate of drug-likeness (QED) is 0.523. The van der Waals surface area contributed by atoms with Crippen LogP contribution in [0, 0.1) is 0 Å². The summed E-state index contributed by atoms with van der Waals surface area (Å²) in [7, 11) is 0. The lowest BCUT2D eigenvalue weighted by atomic mass is 10.2. The van der Waals surface area contributed by atoms with E-state index in [1.54, 1.807) is 24.3 Å². The van der Waals surface area contributed by atoms with Crippen LogP contribution in [-0.4, -0.2) is 11.9 Å². The maximum absolute atomic E-state index is 11.9. The molecule has 0 N–H and O–H groups in total. The fourth-order valence-electron chi connectivity index (χ4n) is 1.90. The summed E-state index contributed by atoms with van der Waals surface area (Å²) in [4.78, 5) is 16.1. The van der Waals surface area contributed by atoms with Gasteiger partial charge in [0.2, 0.25) is 5.90 Å². The van der Waals surface area contributed by atoms with E-state index in [1.807, 2.05) is 24.3 Å². The number of hydrogen-bond donors (Lipinski definition) is 0. The average Bonchev–Trinajstić information content (AvgIpc) is 2.85. The highest BCUT2D eigenvalue weighted by atomic mass is 79.9. The molecule has 2 aromatic carbocycles. The predicted octanol–water partition coefficient (Wildman–Crippen LogP) is 5.10. The Morgan fingerprint density at radius 2 is 1.82 bits per heavy atom. The third-order valence-corrected chi connectivity index (χ3v) is 4.05. The minimum absolute atomic E-state index is 0.154. The summed E-state index contributed by atoms with van der Waals surface area (Å²) in [5.74, 6) is -0.366. The summed E-state index contributed by atoms with van der Waals surface area (Å²) in [6, 6.07) is 12.4. The molecule has 1 aliphatic rings. The molecule has 1 aliphatic heterocycles. The van der Waals surface area contributed by atoms with Gasteiger partial charge >= 0.3 is 5.97 Å². The Hall–Kier alpha value is -1.62. The molecule has 0 unspecified atom stereocenters. The summed E-state index contributed by atoms with van der Waals surface area (Å²) >= 11 is 15.4. The number of benzene rings is 2. The molecule has 0 atom stereocenters. The molecule has 6 heteroatoms. The first-order valence-electron chi connectivity index (χ1n) is 6.26. The SMILES string of the molecule is O=C1OC(c2cc(Cl)ccc2Cl)=N/C1=C\c1ccc(Br)cc1. The molecule has 0 bridgehead atoms. The molecule has 3 nitrogen and oxygen atoms in total. The highest BCUT2D eigenvalue weighted by Gasteiger charge is 2.25. The fraction of sp³-hybridized carbons (Fsp3) is 0. The van der Waals surface area contributed by atoms with Crippen LogP contribution in [-0.2, 0) is 9.53 Å². The Kier molecular flexibility index (Phi) is 4.34. The molecule has 110 valence electrons. The third-order valence-electron chi connectivity index (χ3n) is 2.95. The normalized spacial score (nSPS) is 15.9. The molecule has 0 saturated heterocycles. The second kappa shape index (κ2) is 6.24. The number of esters is 1. The zero-order valence-electron chi connectivity index (χ0n) is 11.0. The van der Waals surface area contributed by atoms with Crippen LogP contribution in [0.2, 0.25) is 10.0 Å². The van der Waals surface area contributed by atoms with Crippen molar-refractivity contribution in [2.75, 3.05) is 0 Å². The van der Waals surface area contributed by atoms with Gasteiger partial charge in [-0.15, -0.1) is 0 Å². The van der Waals surface area contributed by atoms with E-state index in [9.17, 15) is 4.79 Å². The Labute approximate surface area is 145 Å². The van der Waals surface area contributed by atoms with Crippen LogP contribution in [0.3, 0.4) is 0 Å². The maximum Gasteiger partial charge on any atom is 0.363 e. The maximum atomic E-state index is 11.9. The van der Waals surface area contributed by atoms with Crippen LogP contribution in [0.5, 0.6) is 0 Å². The third kappa shape index (κ3) is 3.24. The lowest BCUT2D eigenvalue weighted by Gasteiger charge is -2.02. The van der Waals surface area contributed by atoms with E-state index in [-0.39, 0.29) is 11.6 Å². The second-order valence-corrected chi connectivity index (χ2v) is 6.27. The van der Waals surface area contributed by atoms with E-state index in [2.05, 4.69) is 20.9 Å². The summed E-state index contributed by atoms with van der Waals surface area (Å²) in [6.07, 6.45) is 1.65. The van der Waals surface area contributed by atoms with Crippen molar-refractivity contribution in [3.8, 4) is 0 Å². The summed E-state index contributed by atoms with van der Waals surface area (Å²) < 4.78 is 6.14. The summed E-state index contributed by atoms with van der Waals surface area (Å²) in [6.45, 7) is 0. The largest absolute Gasteiger partial charge is 0.402 e. The Balaban J connectivity index is 1.97. The number of cyclic esters (lactones) is 1. The predicted molar refractivity (Wildman–Crippen MR) is 91.2 cm³/mol. The van der Waals surface area contributed by atoms with Crippen molar-refractivity contribution in [1.82, 2.24) is 0 Å². The topological polar surface area (TPSA) is 38.7 Å². The van der Waals surface area contributed by atoms with E-state index in [4.69, 9.17) is 27.9 Å². The average molecular weight is 397 g/mol. The lowest BCUT2D eigenvalue weighted by molar-refractivity contribution is -0.129. The molecule has 0 aliphatic carbocycles. The Morgan fingerprint density at radius 1 is 1.09 bits per heavy atom. The first-order valence-corrected chi connectivity index (χ1v) is 7.81. The van der Waals surface area contributed by atoms with Crippen molar-refractivity contribution in [2.45, 2.75) is 0 Å². The van der Waals surface area contributed by atoms with Gasteiger partial charge in [-0.1, -0.05) is 51.3 Å². The molecule has 0 fully saturated rings. The van der Waals surface area contributed by atoms with Crippen LogP contribution >= 0.6 is 39.1 Å². The van der Waals surface area contributed by atoms with Gasteiger partial charge in [-0.25, -0.2) is 9.79 Å². The number of ether oxygens (including phenoxy) is 1. The molecule has 0 saturated carbocycles. The number of aliphatic imine (C=N–C) groups is 1. The molecular formula is C16H8BrCl2NO2. The van der Waals surface area contributed by atoms with Gasteiger partial charge in [0.05, 0.1) is 10.6 Å². The number of carbonyl (C=O) groups excluding carboxylic acids is 1. The van der Waals surface area contributed by atoms with Crippen molar-refractivity contribution >= 4 is 57.1 Å². The van der Waals surface area contributed by atoms with Crippen molar-refractivity contribution in [2.24, 2.45) is 4.99 Å². The molecular weight excluding hydrogens is 389 g/mol. The van der Waals surface area contributed by atoms with E-state index in [1.165, 1.54) is 0 Å².